The molecule has 3 nitrogen and oxygen atoms in total. The van der Waals surface area contributed by atoms with Crippen LogP contribution in [0, 0.1) is 5.92 Å². The fourth-order valence-electron chi connectivity index (χ4n) is 2.45. The fraction of sp³-hybridized carbons (Fsp3) is 0.500. The van der Waals surface area contributed by atoms with E-state index < -0.39 is 0 Å². The molecule has 3 heteroatoms. The standard InChI is InChI=1S/C14H18O3/c1-2-17-14(16)8-10-3-4-12-9-13(15)6-5-11(12)7-10/h5-6,9-10,15H,2-4,7-8H2,1H3. The van der Waals surface area contributed by atoms with Gasteiger partial charge in [0.1, 0.15) is 5.75 Å². The minimum atomic E-state index is -0.0975. The molecule has 1 aromatic carbocycles. The summed E-state index contributed by atoms with van der Waals surface area (Å²) >= 11 is 0. The van der Waals surface area contributed by atoms with Crippen LogP contribution in [0.2, 0.25) is 0 Å². The summed E-state index contributed by atoms with van der Waals surface area (Å²) in [6.07, 6.45) is 3.35. The van der Waals surface area contributed by atoms with Crippen LogP contribution < -0.4 is 0 Å². The van der Waals surface area contributed by atoms with Crippen LogP contribution in [0.1, 0.15) is 30.9 Å². The van der Waals surface area contributed by atoms with Gasteiger partial charge in [-0.05, 0) is 55.4 Å². The molecule has 2 rings (SSSR count). The van der Waals surface area contributed by atoms with E-state index in [4.69, 9.17) is 4.74 Å². The molecule has 1 unspecified atom stereocenters. The number of hydrogen-bond acceptors (Lipinski definition) is 3. The number of rotatable bonds is 3. The van der Waals surface area contributed by atoms with Gasteiger partial charge in [0.05, 0.1) is 6.61 Å². The molecule has 0 heterocycles. The Morgan fingerprint density at radius 3 is 3.06 bits per heavy atom. The number of carbonyl (C=O) groups excluding carboxylic acids is 1. The molecular formula is C14H18O3. The SMILES string of the molecule is CCOC(=O)CC1CCc2cc(O)ccc2C1. The van der Waals surface area contributed by atoms with Gasteiger partial charge in [-0.25, -0.2) is 0 Å². The lowest BCUT2D eigenvalue weighted by atomic mass is 9.82. The molecule has 1 N–H and O–H groups in total. The largest absolute Gasteiger partial charge is 0.508 e. The molecule has 1 aliphatic carbocycles. The Hall–Kier alpha value is -1.51. The maximum atomic E-state index is 11.4. The highest BCUT2D eigenvalue weighted by atomic mass is 16.5. The molecule has 0 aromatic heterocycles. The number of fused-ring (bicyclic) bond motifs is 1. The Morgan fingerprint density at radius 1 is 1.47 bits per heavy atom. The number of aryl methyl sites for hydroxylation is 1. The van der Waals surface area contributed by atoms with E-state index in [1.165, 1.54) is 11.1 Å². The summed E-state index contributed by atoms with van der Waals surface area (Å²) in [5.41, 5.74) is 2.47. The molecule has 17 heavy (non-hydrogen) atoms. The minimum absolute atomic E-state index is 0.0975. The molecule has 1 aromatic rings. The Balaban J connectivity index is 1.99. The zero-order valence-electron chi connectivity index (χ0n) is 10.1. The van der Waals surface area contributed by atoms with Crippen LogP contribution in [0.4, 0.5) is 0 Å². The number of carbonyl (C=O) groups is 1. The van der Waals surface area contributed by atoms with Crippen LogP contribution in [0.15, 0.2) is 18.2 Å². The smallest absolute Gasteiger partial charge is 0.306 e. The first-order chi connectivity index (χ1) is 8.19. The van der Waals surface area contributed by atoms with Gasteiger partial charge in [-0.15, -0.1) is 0 Å². The van der Waals surface area contributed by atoms with E-state index >= 15 is 0 Å². The van der Waals surface area contributed by atoms with Crippen molar-refractivity contribution in [2.45, 2.75) is 32.6 Å². The molecule has 0 radical (unpaired) electrons. The molecule has 0 amide bonds. The van der Waals surface area contributed by atoms with Crippen LogP contribution in [0.5, 0.6) is 5.75 Å². The highest BCUT2D eigenvalue weighted by Gasteiger charge is 2.21. The zero-order valence-corrected chi connectivity index (χ0v) is 10.1. The number of aromatic hydroxyl groups is 1. The normalized spacial score (nSPS) is 18.5. The van der Waals surface area contributed by atoms with E-state index in [0.29, 0.717) is 24.7 Å². The summed E-state index contributed by atoms with van der Waals surface area (Å²) in [5, 5.41) is 9.40. The van der Waals surface area contributed by atoms with Crippen LogP contribution >= 0.6 is 0 Å². The highest BCUT2D eigenvalue weighted by Crippen LogP contribution is 2.29. The molecular weight excluding hydrogens is 216 g/mol. The molecule has 0 saturated carbocycles. The molecule has 92 valence electrons. The fourth-order valence-corrected chi connectivity index (χ4v) is 2.45. The maximum absolute atomic E-state index is 11.4. The summed E-state index contributed by atoms with van der Waals surface area (Å²) in [6.45, 7) is 2.28. The van der Waals surface area contributed by atoms with Crippen LogP contribution in [-0.2, 0) is 22.4 Å². The van der Waals surface area contributed by atoms with Gasteiger partial charge in [-0.2, -0.15) is 0 Å². The molecule has 1 aliphatic rings. The number of benzene rings is 1. The first kappa shape index (κ1) is 12.0. The van der Waals surface area contributed by atoms with Crippen molar-refractivity contribution in [3.63, 3.8) is 0 Å². The average molecular weight is 234 g/mol. The lowest BCUT2D eigenvalue weighted by molar-refractivity contribution is -0.144. The van der Waals surface area contributed by atoms with E-state index in [2.05, 4.69) is 0 Å². The first-order valence-corrected chi connectivity index (χ1v) is 6.15. The lowest BCUT2D eigenvalue weighted by Crippen LogP contribution is -2.18. The zero-order chi connectivity index (χ0) is 12.3. The molecule has 0 saturated heterocycles. The average Bonchev–Trinajstić information content (AvgIpc) is 2.29. The van der Waals surface area contributed by atoms with Crippen LogP contribution in [0.25, 0.3) is 0 Å². The number of hydrogen-bond donors (Lipinski definition) is 1. The third kappa shape index (κ3) is 2.99. The topological polar surface area (TPSA) is 46.5 Å². The van der Waals surface area contributed by atoms with Gasteiger partial charge in [-0.1, -0.05) is 6.07 Å². The van der Waals surface area contributed by atoms with Gasteiger partial charge in [-0.3, -0.25) is 4.79 Å². The van der Waals surface area contributed by atoms with E-state index in [0.717, 1.165) is 19.3 Å². The number of ether oxygens (including phenoxy) is 1. The second-order valence-electron chi connectivity index (χ2n) is 4.57. The Labute approximate surface area is 101 Å². The molecule has 0 bridgehead atoms. The predicted molar refractivity (Wildman–Crippen MR) is 64.9 cm³/mol. The van der Waals surface area contributed by atoms with Crippen molar-refractivity contribution in [3.05, 3.63) is 29.3 Å². The summed E-state index contributed by atoms with van der Waals surface area (Å²) in [6, 6.07) is 5.50. The summed E-state index contributed by atoms with van der Waals surface area (Å²) in [7, 11) is 0. The van der Waals surface area contributed by atoms with Crippen LogP contribution in [0.3, 0.4) is 0 Å². The quantitative estimate of drug-likeness (QED) is 0.817. The van der Waals surface area contributed by atoms with Crippen molar-refractivity contribution in [2.75, 3.05) is 6.61 Å². The molecule has 1 atom stereocenters. The minimum Gasteiger partial charge on any atom is -0.508 e. The van der Waals surface area contributed by atoms with E-state index in [9.17, 15) is 9.90 Å². The Bertz CT molecular complexity index is 412. The Morgan fingerprint density at radius 2 is 2.29 bits per heavy atom. The summed E-state index contributed by atoms with van der Waals surface area (Å²) < 4.78 is 4.97. The molecule has 0 spiro atoms. The van der Waals surface area contributed by atoms with Crippen molar-refractivity contribution >= 4 is 5.97 Å². The van der Waals surface area contributed by atoms with Crippen LogP contribution in [-0.4, -0.2) is 17.7 Å². The molecule has 0 aliphatic heterocycles. The van der Waals surface area contributed by atoms with Crippen molar-refractivity contribution in [2.24, 2.45) is 5.92 Å². The van der Waals surface area contributed by atoms with Crippen molar-refractivity contribution in [3.8, 4) is 5.75 Å². The van der Waals surface area contributed by atoms with Gasteiger partial charge >= 0.3 is 5.97 Å². The van der Waals surface area contributed by atoms with Gasteiger partial charge in [0, 0.05) is 6.42 Å². The van der Waals surface area contributed by atoms with E-state index in [-0.39, 0.29) is 5.97 Å². The van der Waals surface area contributed by atoms with Gasteiger partial charge < -0.3 is 9.84 Å². The Kier molecular flexibility index (Phi) is 3.67. The monoisotopic (exact) mass is 234 g/mol. The van der Waals surface area contributed by atoms with Crippen molar-refractivity contribution in [1.29, 1.82) is 0 Å². The second-order valence-corrected chi connectivity index (χ2v) is 4.57. The summed E-state index contributed by atoms with van der Waals surface area (Å²) in [4.78, 5) is 11.4. The first-order valence-electron chi connectivity index (χ1n) is 6.15. The van der Waals surface area contributed by atoms with Gasteiger partial charge in [0.25, 0.3) is 0 Å². The van der Waals surface area contributed by atoms with Gasteiger partial charge in [0.15, 0.2) is 0 Å². The second kappa shape index (κ2) is 5.21. The highest BCUT2D eigenvalue weighted by molar-refractivity contribution is 5.69. The van der Waals surface area contributed by atoms with Crippen molar-refractivity contribution in [1.82, 2.24) is 0 Å². The third-order valence-electron chi connectivity index (χ3n) is 3.28. The lowest BCUT2D eigenvalue weighted by Gasteiger charge is -2.23. The van der Waals surface area contributed by atoms with Crippen molar-refractivity contribution < 1.29 is 14.6 Å². The van der Waals surface area contributed by atoms with E-state index in [1.807, 2.05) is 19.1 Å². The third-order valence-corrected chi connectivity index (χ3v) is 3.28. The predicted octanol–water partition coefficient (Wildman–Crippen LogP) is 2.45. The number of phenolic OH excluding ortho intramolecular Hbond substituents is 1. The summed E-state index contributed by atoms with van der Waals surface area (Å²) in [5.74, 6) is 0.610. The number of phenols is 1. The molecule has 0 fully saturated rings. The van der Waals surface area contributed by atoms with Gasteiger partial charge in [0.2, 0.25) is 0 Å². The maximum Gasteiger partial charge on any atom is 0.306 e. The van der Waals surface area contributed by atoms with E-state index in [1.54, 1.807) is 6.07 Å². The number of esters is 1.